The van der Waals surface area contributed by atoms with Crippen LogP contribution in [0, 0.1) is 11.3 Å². The highest BCUT2D eigenvalue weighted by Gasteiger charge is 2.34. The molecule has 0 N–H and O–H groups in total. The molecule has 0 aromatic carbocycles. The van der Waals surface area contributed by atoms with E-state index in [9.17, 15) is 8.42 Å². The lowest BCUT2D eigenvalue weighted by atomic mass is 9.72. The molecule has 1 rings (SSSR count). The molecule has 1 fully saturated rings. The van der Waals surface area contributed by atoms with Crippen molar-refractivity contribution in [2.75, 3.05) is 11.5 Å². The van der Waals surface area contributed by atoms with E-state index < -0.39 is 9.84 Å². The number of hydrogen-bond donors (Lipinski definition) is 0. The highest BCUT2D eigenvalue weighted by Crippen LogP contribution is 2.39. The molecule has 0 bridgehead atoms. The van der Waals surface area contributed by atoms with Crippen LogP contribution in [0.25, 0.3) is 0 Å². The zero-order valence-corrected chi connectivity index (χ0v) is 12.5. The van der Waals surface area contributed by atoms with Crippen molar-refractivity contribution in [2.24, 2.45) is 11.3 Å². The Labute approximate surface area is 107 Å². The Balaban J connectivity index is 2.37. The first kappa shape index (κ1) is 15.0. The Hall–Kier alpha value is -0.0500. The Kier molecular flexibility index (Phi) is 5.49. The highest BCUT2D eigenvalue weighted by molar-refractivity contribution is 7.91. The highest BCUT2D eigenvalue weighted by atomic mass is 32.2. The lowest BCUT2D eigenvalue weighted by Crippen LogP contribution is -2.33. The van der Waals surface area contributed by atoms with Crippen LogP contribution in [0.3, 0.4) is 0 Å². The first-order chi connectivity index (χ1) is 7.87. The van der Waals surface area contributed by atoms with Gasteiger partial charge in [0.1, 0.15) is 9.84 Å². The van der Waals surface area contributed by atoms with E-state index in [0.29, 0.717) is 22.8 Å². The molecule has 0 amide bonds. The van der Waals surface area contributed by atoms with E-state index in [0.717, 1.165) is 12.8 Å². The molecule has 17 heavy (non-hydrogen) atoms. The zero-order valence-electron chi connectivity index (χ0n) is 11.7. The van der Waals surface area contributed by atoms with Crippen molar-refractivity contribution in [3.63, 3.8) is 0 Å². The predicted molar refractivity (Wildman–Crippen MR) is 73.9 cm³/mol. The standard InChI is InChI=1S/C14H28O2S/c1-4-5-6-7-10-14(2,3)13-8-11-17(15,16)12-9-13/h13H,4-12H2,1-3H3. The van der Waals surface area contributed by atoms with Crippen molar-refractivity contribution in [1.29, 1.82) is 0 Å². The lowest BCUT2D eigenvalue weighted by Gasteiger charge is -2.37. The minimum Gasteiger partial charge on any atom is -0.229 e. The molecule has 102 valence electrons. The summed E-state index contributed by atoms with van der Waals surface area (Å²) in [5.74, 6) is 1.43. The maximum absolute atomic E-state index is 11.4. The van der Waals surface area contributed by atoms with Gasteiger partial charge < -0.3 is 0 Å². The Bertz CT molecular complexity index is 303. The summed E-state index contributed by atoms with van der Waals surface area (Å²) >= 11 is 0. The molecule has 0 radical (unpaired) electrons. The van der Waals surface area contributed by atoms with E-state index in [-0.39, 0.29) is 0 Å². The molecule has 2 nitrogen and oxygen atoms in total. The summed E-state index contributed by atoms with van der Waals surface area (Å²) in [6.45, 7) is 6.88. The fraction of sp³-hybridized carbons (Fsp3) is 1.00. The van der Waals surface area contributed by atoms with Gasteiger partial charge in [0.05, 0.1) is 11.5 Å². The Morgan fingerprint density at radius 3 is 2.18 bits per heavy atom. The van der Waals surface area contributed by atoms with Gasteiger partial charge in [-0.05, 0) is 30.6 Å². The molecule has 0 aliphatic carbocycles. The minimum atomic E-state index is -2.71. The van der Waals surface area contributed by atoms with E-state index in [1.807, 2.05) is 0 Å². The molecule has 0 atom stereocenters. The van der Waals surface area contributed by atoms with Crippen LogP contribution in [-0.2, 0) is 9.84 Å². The van der Waals surface area contributed by atoms with Crippen molar-refractivity contribution in [1.82, 2.24) is 0 Å². The van der Waals surface area contributed by atoms with Gasteiger partial charge >= 0.3 is 0 Å². The minimum absolute atomic E-state index is 0.323. The average molecular weight is 260 g/mol. The summed E-state index contributed by atoms with van der Waals surface area (Å²) in [6.07, 6.45) is 8.23. The summed E-state index contributed by atoms with van der Waals surface area (Å²) in [5.41, 5.74) is 0.323. The molecule has 1 saturated heterocycles. The van der Waals surface area contributed by atoms with Crippen molar-refractivity contribution >= 4 is 9.84 Å². The first-order valence-corrected chi connectivity index (χ1v) is 8.90. The lowest BCUT2D eigenvalue weighted by molar-refractivity contribution is 0.174. The van der Waals surface area contributed by atoms with E-state index in [4.69, 9.17) is 0 Å². The molecule has 0 aromatic heterocycles. The van der Waals surface area contributed by atoms with Crippen LogP contribution in [0.5, 0.6) is 0 Å². The second-order valence-corrected chi connectivity index (χ2v) is 8.53. The van der Waals surface area contributed by atoms with Crippen LogP contribution in [0.2, 0.25) is 0 Å². The van der Waals surface area contributed by atoms with Gasteiger partial charge in [0, 0.05) is 0 Å². The topological polar surface area (TPSA) is 34.1 Å². The molecule has 1 aliphatic rings. The van der Waals surface area contributed by atoms with Gasteiger partial charge in [0.15, 0.2) is 0 Å². The summed E-state index contributed by atoms with van der Waals surface area (Å²) in [4.78, 5) is 0. The largest absolute Gasteiger partial charge is 0.229 e. The van der Waals surface area contributed by atoms with Crippen LogP contribution < -0.4 is 0 Å². The van der Waals surface area contributed by atoms with Gasteiger partial charge in [0.2, 0.25) is 0 Å². The molecule has 0 aromatic rings. The smallest absolute Gasteiger partial charge is 0.150 e. The van der Waals surface area contributed by atoms with Gasteiger partial charge in [-0.15, -0.1) is 0 Å². The Morgan fingerprint density at radius 1 is 1.06 bits per heavy atom. The van der Waals surface area contributed by atoms with Crippen molar-refractivity contribution in [3.8, 4) is 0 Å². The molecule has 1 aliphatic heterocycles. The van der Waals surface area contributed by atoms with Crippen LogP contribution in [0.4, 0.5) is 0 Å². The fourth-order valence-corrected chi connectivity index (χ4v) is 4.37. The molecular weight excluding hydrogens is 232 g/mol. The normalized spacial score (nSPS) is 21.6. The summed E-state index contributed by atoms with van der Waals surface area (Å²) in [7, 11) is -2.71. The second-order valence-electron chi connectivity index (χ2n) is 6.23. The van der Waals surface area contributed by atoms with Crippen LogP contribution in [0.1, 0.15) is 65.7 Å². The third-order valence-electron chi connectivity index (χ3n) is 4.33. The van der Waals surface area contributed by atoms with E-state index in [1.54, 1.807) is 0 Å². The van der Waals surface area contributed by atoms with E-state index >= 15 is 0 Å². The van der Waals surface area contributed by atoms with Crippen molar-refractivity contribution < 1.29 is 8.42 Å². The third-order valence-corrected chi connectivity index (χ3v) is 6.05. The number of rotatable bonds is 6. The maximum Gasteiger partial charge on any atom is 0.150 e. The van der Waals surface area contributed by atoms with Crippen LogP contribution in [0.15, 0.2) is 0 Å². The summed E-state index contributed by atoms with van der Waals surface area (Å²) in [5, 5.41) is 0. The van der Waals surface area contributed by atoms with Crippen LogP contribution >= 0.6 is 0 Å². The molecule has 0 saturated carbocycles. The number of unbranched alkanes of at least 4 members (excludes halogenated alkanes) is 3. The van der Waals surface area contributed by atoms with Gasteiger partial charge in [-0.3, -0.25) is 0 Å². The monoisotopic (exact) mass is 260 g/mol. The first-order valence-electron chi connectivity index (χ1n) is 7.08. The Morgan fingerprint density at radius 2 is 1.65 bits per heavy atom. The van der Waals surface area contributed by atoms with Gasteiger partial charge in [-0.2, -0.15) is 0 Å². The maximum atomic E-state index is 11.4. The van der Waals surface area contributed by atoms with E-state index in [2.05, 4.69) is 20.8 Å². The molecule has 1 heterocycles. The summed E-state index contributed by atoms with van der Waals surface area (Å²) in [6, 6.07) is 0. The predicted octanol–water partition coefficient (Wildman–Crippen LogP) is 3.81. The molecular formula is C14H28O2S. The number of hydrogen-bond acceptors (Lipinski definition) is 2. The summed E-state index contributed by atoms with van der Waals surface area (Å²) < 4.78 is 22.8. The van der Waals surface area contributed by atoms with Crippen molar-refractivity contribution in [2.45, 2.75) is 65.7 Å². The van der Waals surface area contributed by atoms with Gasteiger partial charge in [-0.1, -0.05) is 46.5 Å². The van der Waals surface area contributed by atoms with Crippen molar-refractivity contribution in [3.05, 3.63) is 0 Å². The van der Waals surface area contributed by atoms with Gasteiger partial charge in [0.25, 0.3) is 0 Å². The van der Waals surface area contributed by atoms with Crippen LogP contribution in [-0.4, -0.2) is 19.9 Å². The molecule has 0 spiro atoms. The van der Waals surface area contributed by atoms with Gasteiger partial charge in [-0.25, -0.2) is 8.42 Å². The number of sulfone groups is 1. The fourth-order valence-electron chi connectivity index (χ4n) is 2.88. The zero-order chi connectivity index (χ0) is 12.9. The average Bonchev–Trinajstić information content (AvgIpc) is 2.24. The van der Waals surface area contributed by atoms with E-state index in [1.165, 1.54) is 32.1 Å². The third kappa shape index (κ3) is 4.99. The quantitative estimate of drug-likeness (QED) is 0.681. The molecule has 0 unspecified atom stereocenters. The molecule has 3 heteroatoms. The second kappa shape index (κ2) is 6.21. The SMILES string of the molecule is CCCCCCC(C)(C)C1CCS(=O)(=O)CC1.